The van der Waals surface area contributed by atoms with Crippen molar-refractivity contribution < 1.29 is 0 Å². The molecular weight excluding hydrogens is 296 g/mol. The number of hydrogen-bond donors (Lipinski definition) is 1. The highest BCUT2D eigenvalue weighted by molar-refractivity contribution is 7.99. The van der Waals surface area contributed by atoms with Gasteiger partial charge in [0, 0.05) is 22.4 Å². The van der Waals surface area contributed by atoms with E-state index in [2.05, 4.69) is 37.8 Å². The molecule has 1 aliphatic carbocycles. The first-order chi connectivity index (χ1) is 10.2. The lowest BCUT2D eigenvalue weighted by atomic mass is 10.1. The average Bonchev–Trinajstić information content (AvgIpc) is 3.06. The summed E-state index contributed by atoms with van der Waals surface area (Å²) in [6.45, 7) is 8.90. The highest BCUT2D eigenvalue weighted by Gasteiger charge is 2.17. The van der Waals surface area contributed by atoms with Crippen molar-refractivity contribution in [1.82, 2.24) is 10.3 Å². The first kappa shape index (κ1) is 17.3. The normalized spacial score (nSPS) is 16.2. The maximum Gasteiger partial charge on any atom is 0.103 e. The van der Waals surface area contributed by atoms with E-state index in [1.54, 1.807) is 0 Å². The lowest BCUT2D eigenvalue weighted by Gasteiger charge is -2.06. The van der Waals surface area contributed by atoms with Gasteiger partial charge in [-0.3, -0.25) is 0 Å². The Labute approximate surface area is 138 Å². The van der Waals surface area contributed by atoms with Crippen molar-refractivity contribution in [2.24, 2.45) is 5.92 Å². The highest BCUT2D eigenvalue weighted by Crippen LogP contribution is 2.33. The number of nitrogens with zero attached hydrogens (tertiary/aromatic N) is 1. The van der Waals surface area contributed by atoms with Gasteiger partial charge in [-0.25, -0.2) is 4.98 Å². The van der Waals surface area contributed by atoms with E-state index in [0.717, 1.165) is 30.5 Å². The fourth-order valence-electron chi connectivity index (χ4n) is 2.81. The number of thiazole rings is 1. The molecule has 120 valence electrons. The summed E-state index contributed by atoms with van der Waals surface area (Å²) in [5.74, 6) is 1.81. The van der Waals surface area contributed by atoms with Crippen LogP contribution in [0.2, 0.25) is 0 Å². The van der Waals surface area contributed by atoms with E-state index < -0.39 is 0 Å². The molecule has 0 bridgehead atoms. The molecule has 0 atom stereocenters. The van der Waals surface area contributed by atoms with E-state index >= 15 is 0 Å². The van der Waals surface area contributed by atoms with E-state index in [-0.39, 0.29) is 0 Å². The van der Waals surface area contributed by atoms with Crippen molar-refractivity contribution in [3.05, 3.63) is 15.6 Å². The van der Waals surface area contributed by atoms with Gasteiger partial charge in [0.15, 0.2) is 0 Å². The van der Waals surface area contributed by atoms with Gasteiger partial charge in [-0.2, -0.15) is 11.8 Å². The standard InChI is InChI=1S/C17H30N2S2/c1-4-9-18-11-16-15(10-13(2)3)19-17(21-16)12-20-14-7-5-6-8-14/h13-14,18H,4-12H2,1-3H3. The molecule has 0 aromatic carbocycles. The zero-order valence-corrected chi connectivity index (χ0v) is 15.4. The van der Waals surface area contributed by atoms with Gasteiger partial charge < -0.3 is 5.32 Å². The van der Waals surface area contributed by atoms with Crippen molar-refractivity contribution in [1.29, 1.82) is 0 Å². The van der Waals surface area contributed by atoms with Gasteiger partial charge in [-0.05, 0) is 38.1 Å². The van der Waals surface area contributed by atoms with Crippen LogP contribution in [-0.2, 0) is 18.7 Å². The van der Waals surface area contributed by atoms with Crippen LogP contribution in [0.5, 0.6) is 0 Å². The minimum absolute atomic E-state index is 0.687. The monoisotopic (exact) mass is 326 g/mol. The molecule has 0 radical (unpaired) electrons. The van der Waals surface area contributed by atoms with Gasteiger partial charge in [0.2, 0.25) is 0 Å². The number of thioether (sulfide) groups is 1. The van der Waals surface area contributed by atoms with E-state index in [9.17, 15) is 0 Å². The van der Waals surface area contributed by atoms with Crippen molar-refractivity contribution >= 4 is 23.1 Å². The molecule has 0 aliphatic heterocycles. The maximum absolute atomic E-state index is 4.95. The Morgan fingerprint density at radius 1 is 1.33 bits per heavy atom. The second-order valence-electron chi connectivity index (χ2n) is 6.47. The molecule has 21 heavy (non-hydrogen) atoms. The molecule has 2 rings (SSSR count). The minimum atomic E-state index is 0.687. The molecule has 4 heteroatoms. The third kappa shape index (κ3) is 5.91. The minimum Gasteiger partial charge on any atom is -0.312 e. The molecule has 1 N–H and O–H groups in total. The molecule has 0 unspecified atom stereocenters. The topological polar surface area (TPSA) is 24.9 Å². The summed E-state index contributed by atoms with van der Waals surface area (Å²) in [5, 5.41) is 5.78. The van der Waals surface area contributed by atoms with E-state index in [1.807, 2.05) is 11.3 Å². The SMILES string of the molecule is CCCNCc1sc(CSC2CCCC2)nc1CC(C)C. The van der Waals surface area contributed by atoms with Gasteiger partial charge >= 0.3 is 0 Å². The molecule has 0 saturated heterocycles. The van der Waals surface area contributed by atoms with Gasteiger partial charge in [0.05, 0.1) is 5.69 Å². The van der Waals surface area contributed by atoms with Crippen LogP contribution in [-0.4, -0.2) is 16.8 Å². The third-order valence-electron chi connectivity index (χ3n) is 3.88. The fourth-order valence-corrected chi connectivity index (χ4v) is 5.22. The van der Waals surface area contributed by atoms with Crippen LogP contribution in [0, 0.1) is 5.92 Å². The summed E-state index contributed by atoms with van der Waals surface area (Å²) in [4.78, 5) is 6.42. The van der Waals surface area contributed by atoms with Crippen molar-refractivity contribution in [2.75, 3.05) is 6.54 Å². The second-order valence-corrected chi connectivity index (χ2v) is 8.93. The molecule has 1 heterocycles. The molecule has 0 spiro atoms. The Balaban J connectivity index is 1.92. The predicted molar refractivity (Wildman–Crippen MR) is 96.2 cm³/mol. The van der Waals surface area contributed by atoms with Crippen molar-refractivity contribution in [3.8, 4) is 0 Å². The Bertz CT molecular complexity index is 409. The van der Waals surface area contributed by atoms with Gasteiger partial charge in [0.25, 0.3) is 0 Å². The molecule has 1 aromatic rings. The Hall–Kier alpha value is -0.0600. The molecular formula is C17H30N2S2. The lowest BCUT2D eigenvalue weighted by molar-refractivity contribution is 0.622. The number of rotatable bonds is 9. The maximum atomic E-state index is 4.95. The first-order valence-corrected chi connectivity index (χ1v) is 10.3. The molecule has 1 aliphatic rings. The average molecular weight is 327 g/mol. The summed E-state index contributed by atoms with van der Waals surface area (Å²) in [6, 6.07) is 0. The molecule has 1 saturated carbocycles. The summed E-state index contributed by atoms with van der Waals surface area (Å²) in [6.07, 6.45) is 8.01. The largest absolute Gasteiger partial charge is 0.312 e. The summed E-state index contributed by atoms with van der Waals surface area (Å²) < 4.78 is 0. The molecule has 1 aromatic heterocycles. The zero-order chi connectivity index (χ0) is 15.1. The van der Waals surface area contributed by atoms with Gasteiger partial charge in [-0.1, -0.05) is 33.6 Å². The van der Waals surface area contributed by atoms with Crippen LogP contribution in [0.4, 0.5) is 0 Å². The smallest absolute Gasteiger partial charge is 0.103 e. The van der Waals surface area contributed by atoms with Gasteiger partial charge in [-0.15, -0.1) is 11.3 Å². The molecule has 2 nitrogen and oxygen atoms in total. The third-order valence-corrected chi connectivity index (χ3v) is 6.54. The van der Waals surface area contributed by atoms with E-state index in [0.29, 0.717) is 5.92 Å². The lowest BCUT2D eigenvalue weighted by Crippen LogP contribution is -2.14. The Morgan fingerprint density at radius 3 is 2.76 bits per heavy atom. The highest BCUT2D eigenvalue weighted by atomic mass is 32.2. The van der Waals surface area contributed by atoms with E-state index in [1.165, 1.54) is 47.7 Å². The number of aromatic nitrogens is 1. The van der Waals surface area contributed by atoms with Crippen LogP contribution in [0.25, 0.3) is 0 Å². The summed E-state index contributed by atoms with van der Waals surface area (Å²) in [7, 11) is 0. The number of nitrogens with one attached hydrogen (secondary N) is 1. The molecule has 1 fully saturated rings. The Kier molecular flexibility index (Phi) is 7.55. The van der Waals surface area contributed by atoms with Crippen LogP contribution in [0.1, 0.15) is 68.5 Å². The summed E-state index contributed by atoms with van der Waals surface area (Å²) >= 11 is 4.07. The van der Waals surface area contributed by atoms with Gasteiger partial charge in [0.1, 0.15) is 5.01 Å². The van der Waals surface area contributed by atoms with Crippen molar-refractivity contribution in [3.63, 3.8) is 0 Å². The quantitative estimate of drug-likeness (QED) is 0.645. The zero-order valence-electron chi connectivity index (χ0n) is 13.8. The van der Waals surface area contributed by atoms with Crippen LogP contribution >= 0.6 is 23.1 Å². The van der Waals surface area contributed by atoms with Crippen LogP contribution in [0.3, 0.4) is 0 Å². The van der Waals surface area contributed by atoms with Crippen LogP contribution < -0.4 is 5.32 Å². The predicted octanol–water partition coefficient (Wildman–Crippen LogP) is 5.02. The van der Waals surface area contributed by atoms with Crippen LogP contribution in [0.15, 0.2) is 0 Å². The fraction of sp³-hybridized carbons (Fsp3) is 0.824. The van der Waals surface area contributed by atoms with Crippen molar-refractivity contribution in [2.45, 2.75) is 76.8 Å². The first-order valence-electron chi connectivity index (χ1n) is 8.48. The number of hydrogen-bond acceptors (Lipinski definition) is 4. The molecule has 0 amide bonds. The summed E-state index contributed by atoms with van der Waals surface area (Å²) in [5.41, 5.74) is 1.35. The second kappa shape index (κ2) is 9.16. The van der Waals surface area contributed by atoms with E-state index in [4.69, 9.17) is 4.98 Å². The Morgan fingerprint density at radius 2 is 2.10 bits per heavy atom.